The van der Waals surface area contributed by atoms with Gasteiger partial charge in [-0.05, 0) is 29.8 Å². The molecule has 0 aliphatic carbocycles. The summed E-state index contributed by atoms with van der Waals surface area (Å²) in [5.74, 6) is 0.149. The van der Waals surface area contributed by atoms with Gasteiger partial charge in [0.2, 0.25) is 0 Å². The Bertz CT molecular complexity index is 1150. The molecule has 0 bridgehead atoms. The fraction of sp³-hybridized carbons (Fsp3) is 0.167. The highest BCUT2D eigenvalue weighted by atomic mass is 16.6. The zero-order chi connectivity index (χ0) is 20.7. The molecule has 0 saturated heterocycles. The number of phenolic OH excluding ortho intramolecular Hbond substituents is 1. The van der Waals surface area contributed by atoms with Gasteiger partial charge in [0.15, 0.2) is 17.3 Å². The lowest BCUT2D eigenvalue weighted by Crippen LogP contribution is -2.22. The summed E-state index contributed by atoms with van der Waals surface area (Å²) >= 11 is 0. The number of carbonyl (C=O) groups is 2. The minimum Gasteiger partial charge on any atom is -0.507 e. The van der Waals surface area contributed by atoms with Gasteiger partial charge in [-0.25, -0.2) is 0 Å². The average Bonchev–Trinajstić information content (AvgIpc) is 2.78. The van der Waals surface area contributed by atoms with E-state index in [0.29, 0.717) is 35.8 Å². The molecule has 150 valence electrons. The van der Waals surface area contributed by atoms with E-state index >= 15 is 0 Å². The minimum absolute atomic E-state index is 0.0448. The first-order valence-electron chi connectivity index (χ1n) is 9.67. The van der Waals surface area contributed by atoms with Crippen LogP contribution in [0.25, 0.3) is 0 Å². The molecule has 0 spiro atoms. The van der Waals surface area contributed by atoms with Crippen LogP contribution in [0.3, 0.4) is 0 Å². The van der Waals surface area contributed by atoms with E-state index in [4.69, 9.17) is 14.2 Å². The Kier molecular flexibility index (Phi) is 4.39. The summed E-state index contributed by atoms with van der Waals surface area (Å²) in [5.41, 5.74) is 1.83. The number of aromatic hydroxyl groups is 1. The Morgan fingerprint density at radius 3 is 2.43 bits per heavy atom. The van der Waals surface area contributed by atoms with Crippen LogP contribution in [0.5, 0.6) is 23.0 Å². The first-order valence-corrected chi connectivity index (χ1v) is 9.67. The Balaban J connectivity index is 1.61. The first-order chi connectivity index (χ1) is 14.6. The van der Waals surface area contributed by atoms with Crippen molar-refractivity contribution in [2.24, 2.45) is 0 Å². The summed E-state index contributed by atoms with van der Waals surface area (Å²) < 4.78 is 16.6. The van der Waals surface area contributed by atoms with Crippen molar-refractivity contribution in [3.8, 4) is 23.0 Å². The van der Waals surface area contributed by atoms with Crippen LogP contribution in [0.4, 0.5) is 0 Å². The molecule has 0 unspecified atom stereocenters. The van der Waals surface area contributed by atoms with Gasteiger partial charge in [0.25, 0.3) is 0 Å². The van der Waals surface area contributed by atoms with Gasteiger partial charge in [0, 0.05) is 17.0 Å². The topological polar surface area (TPSA) is 82.1 Å². The number of fused-ring (bicyclic) bond motifs is 2. The van der Waals surface area contributed by atoms with E-state index in [1.54, 1.807) is 36.4 Å². The van der Waals surface area contributed by atoms with Gasteiger partial charge < -0.3 is 19.3 Å². The molecule has 0 aromatic heterocycles. The number of rotatable bonds is 3. The maximum atomic E-state index is 12.9. The fourth-order valence-corrected chi connectivity index (χ4v) is 3.94. The molecule has 2 aliphatic rings. The molecule has 0 saturated carbocycles. The summed E-state index contributed by atoms with van der Waals surface area (Å²) in [7, 11) is 0. The Labute approximate surface area is 172 Å². The number of carbonyl (C=O) groups excluding carboxylic acids is 2. The smallest absolute Gasteiger partial charge is 0.312 e. The molecule has 0 amide bonds. The molecule has 3 aromatic carbocycles. The SMILES string of the molecule is O=C1C[C@H](c2ccc3c(c2)OCCO3)c2c(ccc(C(=O)c3ccccc3)c2O)O1. The molecule has 0 fully saturated rings. The lowest BCUT2D eigenvalue weighted by Gasteiger charge is -2.27. The highest BCUT2D eigenvalue weighted by molar-refractivity contribution is 6.11. The fourth-order valence-electron chi connectivity index (χ4n) is 3.94. The van der Waals surface area contributed by atoms with Crippen molar-refractivity contribution in [2.45, 2.75) is 12.3 Å². The summed E-state index contributed by atoms with van der Waals surface area (Å²) in [5, 5.41) is 11.1. The second kappa shape index (κ2) is 7.22. The minimum atomic E-state index is -0.472. The molecule has 2 aliphatic heterocycles. The van der Waals surface area contributed by atoms with Gasteiger partial charge >= 0.3 is 5.97 Å². The predicted octanol–water partition coefficient (Wildman–Crippen LogP) is 3.84. The van der Waals surface area contributed by atoms with Gasteiger partial charge in [0.05, 0.1) is 12.0 Å². The number of esters is 1. The Morgan fingerprint density at radius 1 is 0.900 bits per heavy atom. The van der Waals surface area contributed by atoms with Crippen molar-refractivity contribution < 1.29 is 28.9 Å². The van der Waals surface area contributed by atoms with Crippen LogP contribution < -0.4 is 14.2 Å². The van der Waals surface area contributed by atoms with E-state index in [1.807, 2.05) is 18.2 Å². The normalized spacial score (nSPS) is 17.1. The molecule has 1 N–H and O–H groups in total. The largest absolute Gasteiger partial charge is 0.507 e. The second-order valence-electron chi connectivity index (χ2n) is 7.20. The van der Waals surface area contributed by atoms with E-state index < -0.39 is 11.9 Å². The molecule has 1 atom stereocenters. The number of ketones is 1. The zero-order valence-corrected chi connectivity index (χ0v) is 16.0. The number of hydrogen-bond donors (Lipinski definition) is 1. The molecular weight excluding hydrogens is 384 g/mol. The van der Waals surface area contributed by atoms with E-state index in [-0.39, 0.29) is 29.3 Å². The highest BCUT2D eigenvalue weighted by Gasteiger charge is 2.34. The molecule has 2 heterocycles. The zero-order valence-electron chi connectivity index (χ0n) is 16.0. The van der Waals surface area contributed by atoms with Gasteiger partial charge in [-0.2, -0.15) is 0 Å². The van der Waals surface area contributed by atoms with Gasteiger partial charge in [-0.15, -0.1) is 0 Å². The van der Waals surface area contributed by atoms with Gasteiger partial charge in [0.1, 0.15) is 24.7 Å². The van der Waals surface area contributed by atoms with Crippen LogP contribution in [-0.2, 0) is 4.79 Å². The lowest BCUT2D eigenvalue weighted by molar-refractivity contribution is -0.135. The predicted molar refractivity (Wildman–Crippen MR) is 108 cm³/mol. The molecule has 6 heteroatoms. The van der Waals surface area contributed by atoms with Gasteiger partial charge in [-0.1, -0.05) is 36.4 Å². The van der Waals surface area contributed by atoms with Crippen LogP contribution in [0.1, 0.15) is 39.4 Å². The number of benzene rings is 3. The monoisotopic (exact) mass is 402 g/mol. The summed E-state index contributed by atoms with van der Waals surface area (Å²) in [6, 6.07) is 17.2. The van der Waals surface area contributed by atoms with Crippen molar-refractivity contribution >= 4 is 11.8 Å². The Morgan fingerprint density at radius 2 is 1.63 bits per heavy atom. The molecule has 0 radical (unpaired) electrons. The van der Waals surface area contributed by atoms with Crippen molar-refractivity contribution in [3.63, 3.8) is 0 Å². The van der Waals surface area contributed by atoms with Crippen LogP contribution in [0, 0.1) is 0 Å². The van der Waals surface area contributed by atoms with E-state index in [9.17, 15) is 14.7 Å². The first kappa shape index (κ1) is 18.2. The third-order valence-corrected chi connectivity index (χ3v) is 5.37. The third kappa shape index (κ3) is 3.06. The second-order valence-corrected chi connectivity index (χ2v) is 7.20. The van der Waals surface area contributed by atoms with E-state index in [1.165, 1.54) is 6.07 Å². The summed E-state index contributed by atoms with van der Waals surface area (Å²) in [6.07, 6.45) is 0.0448. The maximum absolute atomic E-state index is 12.9. The average molecular weight is 402 g/mol. The molecule has 3 aromatic rings. The van der Waals surface area contributed by atoms with Crippen molar-refractivity contribution in [2.75, 3.05) is 13.2 Å². The van der Waals surface area contributed by atoms with Crippen molar-refractivity contribution in [3.05, 3.63) is 82.9 Å². The van der Waals surface area contributed by atoms with Crippen LogP contribution in [0.2, 0.25) is 0 Å². The molecule has 6 nitrogen and oxygen atoms in total. The lowest BCUT2D eigenvalue weighted by atomic mass is 9.84. The standard InChI is InChI=1S/C24H18O6/c25-21-13-17(15-6-8-18-20(12-15)29-11-10-28-18)22-19(30-21)9-7-16(24(22)27)23(26)14-4-2-1-3-5-14/h1-9,12,17,27H,10-11,13H2/t17-/m1/s1. The highest BCUT2D eigenvalue weighted by Crippen LogP contribution is 2.47. The van der Waals surface area contributed by atoms with Crippen LogP contribution >= 0.6 is 0 Å². The van der Waals surface area contributed by atoms with Crippen LogP contribution in [-0.4, -0.2) is 30.1 Å². The van der Waals surface area contributed by atoms with Crippen molar-refractivity contribution in [1.29, 1.82) is 0 Å². The third-order valence-electron chi connectivity index (χ3n) is 5.37. The van der Waals surface area contributed by atoms with Gasteiger partial charge in [-0.3, -0.25) is 9.59 Å². The Hall–Kier alpha value is -3.80. The van der Waals surface area contributed by atoms with E-state index in [2.05, 4.69) is 0 Å². The quantitative estimate of drug-likeness (QED) is 0.407. The van der Waals surface area contributed by atoms with Crippen molar-refractivity contribution in [1.82, 2.24) is 0 Å². The number of hydrogen-bond acceptors (Lipinski definition) is 6. The van der Waals surface area contributed by atoms with Crippen LogP contribution in [0.15, 0.2) is 60.7 Å². The summed E-state index contributed by atoms with van der Waals surface area (Å²) in [4.78, 5) is 25.2. The number of ether oxygens (including phenoxy) is 3. The van der Waals surface area contributed by atoms with E-state index in [0.717, 1.165) is 5.56 Å². The summed E-state index contributed by atoms with van der Waals surface area (Å²) in [6.45, 7) is 0.928. The number of phenols is 1. The molecular formula is C24H18O6. The molecule has 5 rings (SSSR count). The molecule has 30 heavy (non-hydrogen) atoms. The maximum Gasteiger partial charge on any atom is 0.312 e.